The van der Waals surface area contributed by atoms with Crippen molar-refractivity contribution >= 4 is 5.91 Å². The monoisotopic (exact) mass is 279 g/mol. The third-order valence-electron chi connectivity index (χ3n) is 3.28. The van der Waals surface area contributed by atoms with Crippen molar-refractivity contribution < 1.29 is 9.90 Å². The van der Waals surface area contributed by atoms with Crippen molar-refractivity contribution in [3.63, 3.8) is 0 Å². The van der Waals surface area contributed by atoms with Crippen LogP contribution in [0.15, 0.2) is 11.8 Å². The largest absolute Gasteiger partial charge is 0.396 e. The minimum absolute atomic E-state index is 0.129. The van der Waals surface area contributed by atoms with Gasteiger partial charge in [-0.15, -0.1) is 0 Å². The molecule has 0 aromatic rings. The lowest BCUT2D eigenvalue weighted by molar-refractivity contribution is -0.118. The van der Waals surface area contributed by atoms with Crippen LogP contribution in [0, 0.1) is 11.3 Å². The molecule has 0 spiro atoms. The first-order chi connectivity index (χ1) is 9.37. The molecule has 20 heavy (non-hydrogen) atoms. The first-order valence-electron chi connectivity index (χ1n) is 7.18. The van der Waals surface area contributed by atoms with Gasteiger partial charge in [0.05, 0.1) is 0 Å². The number of aliphatic hydroxyl groups is 1. The molecule has 1 aliphatic rings. The molecule has 1 aliphatic heterocycles. The fourth-order valence-electron chi connectivity index (χ4n) is 2.36. The van der Waals surface area contributed by atoms with Gasteiger partial charge in [-0.2, -0.15) is 5.26 Å². The molecule has 5 heteroatoms. The van der Waals surface area contributed by atoms with E-state index in [1.807, 2.05) is 31.7 Å². The second-order valence-electron chi connectivity index (χ2n) is 6.26. The van der Waals surface area contributed by atoms with E-state index in [0.717, 1.165) is 25.8 Å². The molecule has 5 nitrogen and oxygen atoms in total. The molecule has 1 rings (SSSR count). The molecule has 1 fully saturated rings. The lowest BCUT2D eigenvalue weighted by atomic mass is 10.00. The Morgan fingerprint density at radius 1 is 1.50 bits per heavy atom. The standard InChI is InChI=1S/C15H25N3O2/c1-15(2,3)17-14(20)12(10-16)11-18-8-5-4-6-13(18)7-9-19/h11,13,19H,4-9H2,1-3H3,(H,17,20)/b12-11-. The van der Waals surface area contributed by atoms with Crippen molar-refractivity contribution in [2.24, 2.45) is 0 Å². The van der Waals surface area contributed by atoms with Crippen LogP contribution in [0.2, 0.25) is 0 Å². The highest BCUT2D eigenvalue weighted by Crippen LogP contribution is 2.20. The number of nitrogens with zero attached hydrogens (tertiary/aromatic N) is 2. The molecule has 0 aromatic carbocycles. The van der Waals surface area contributed by atoms with E-state index in [-0.39, 0.29) is 29.7 Å². The van der Waals surface area contributed by atoms with E-state index in [1.54, 1.807) is 6.20 Å². The molecule has 0 aromatic heterocycles. The van der Waals surface area contributed by atoms with Crippen molar-refractivity contribution in [2.45, 2.75) is 58.0 Å². The zero-order valence-corrected chi connectivity index (χ0v) is 12.6. The maximum absolute atomic E-state index is 12.1. The average Bonchev–Trinajstić information content (AvgIpc) is 2.35. The molecule has 1 heterocycles. The number of rotatable bonds is 4. The van der Waals surface area contributed by atoms with Crippen LogP contribution >= 0.6 is 0 Å². The fourth-order valence-corrected chi connectivity index (χ4v) is 2.36. The molecule has 0 radical (unpaired) electrons. The zero-order valence-electron chi connectivity index (χ0n) is 12.6. The van der Waals surface area contributed by atoms with Gasteiger partial charge in [-0.3, -0.25) is 4.79 Å². The van der Waals surface area contributed by atoms with E-state index in [1.165, 1.54) is 0 Å². The molecule has 2 N–H and O–H groups in total. The number of carbonyl (C=O) groups excluding carboxylic acids is 1. The number of aliphatic hydroxyl groups excluding tert-OH is 1. The summed E-state index contributed by atoms with van der Waals surface area (Å²) in [6, 6.07) is 2.20. The fraction of sp³-hybridized carbons (Fsp3) is 0.733. The third kappa shape index (κ3) is 5.22. The van der Waals surface area contributed by atoms with Crippen molar-refractivity contribution in [1.29, 1.82) is 5.26 Å². The molecule has 1 saturated heterocycles. The third-order valence-corrected chi connectivity index (χ3v) is 3.28. The van der Waals surface area contributed by atoms with Gasteiger partial charge in [0.2, 0.25) is 0 Å². The summed E-state index contributed by atoms with van der Waals surface area (Å²) in [7, 11) is 0. The number of amides is 1. The van der Waals surface area contributed by atoms with E-state index in [0.29, 0.717) is 6.42 Å². The maximum atomic E-state index is 12.1. The summed E-state index contributed by atoms with van der Waals surface area (Å²) in [5.41, 5.74) is -0.232. The van der Waals surface area contributed by atoms with Gasteiger partial charge in [-0.1, -0.05) is 0 Å². The van der Waals surface area contributed by atoms with Crippen LogP contribution in [-0.2, 0) is 4.79 Å². The van der Waals surface area contributed by atoms with Gasteiger partial charge in [0, 0.05) is 30.9 Å². The number of piperidine rings is 1. The van der Waals surface area contributed by atoms with E-state index in [4.69, 9.17) is 5.11 Å². The van der Waals surface area contributed by atoms with Crippen LogP contribution in [0.4, 0.5) is 0 Å². The van der Waals surface area contributed by atoms with Crippen molar-refractivity contribution in [3.05, 3.63) is 11.8 Å². The van der Waals surface area contributed by atoms with Crippen LogP contribution in [0.3, 0.4) is 0 Å². The first kappa shape index (κ1) is 16.5. The number of nitriles is 1. The second kappa shape index (κ2) is 7.30. The van der Waals surface area contributed by atoms with E-state index < -0.39 is 0 Å². The van der Waals surface area contributed by atoms with Crippen molar-refractivity contribution in [2.75, 3.05) is 13.2 Å². The predicted molar refractivity (Wildman–Crippen MR) is 77.6 cm³/mol. The van der Waals surface area contributed by atoms with Crippen LogP contribution in [0.1, 0.15) is 46.5 Å². The predicted octanol–water partition coefficient (Wildman–Crippen LogP) is 1.55. The molecular formula is C15H25N3O2. The Bertz CT molecular complexity index is 402. The van der Waals surface area contributed by atoms with Gasteiger partial charge in [0.1, 0.15) is 11.6 Å². The quantitative estimate of drug-likeness (QED) is 0.604. The Kier molecular flexibility index (Phi) is 6.03. The van der Waals surface area contributed by atoms with Gasteiger partial charge in [-0.25, -0.2) is 0 Å². The van der Waals surface area contributed by atoms with Crippen molar-refractivity contribution in [3.8, 4) is 6.07 Å². The number of likely N-dealkylation sites (tertiary alicyclic amines) is 1. The summed E-state index contributed by atoms with van der Waals surface area (Å²) in [4.78, 5) is 14.1. The Morgan fingerprint density at radius 2 is 2.20 bits per heavy atom. The number of hydrogen-bond donors (Lipinski definition) is 2. The van der Waals surface area contributed by atoms with Gasteiger partial charge in [0.15, 0.2) is 0 Å². The van der Waals surface area contributed by atoms with Crippen LogP contribution < -0.4 is 5.32 Å². The lowest BCUT2D eigenvalue weighted by Crippen LogP contribution is -2.42. The Morgan fingerprint density at radius 3 is 2.75 bits per heavy atom. The van der Waals surface area contributed by atoms with Gasteiger partial charge >= 0.3 is 0 Å². The Balaban J connectivity index is 2.81. The Labute approximate surface area is 121 Å². The highest BCUT2D eigenvalue weighted by molar-refractivity contribution is 5.97. The molecule has 1 atom stereocenters. The number of nitrogens with one attached hydrogen (secondary N) is 1. The first-order valence-corrected chi connectivity index (χ1v) is 7.18. The highest BCUT2D eigenvalue weighted by Gasteiger charge is 2.22. The minimum Gasteiger partial charge on any atom is -0.396 e. The number of carbonyl (C=O) groups is 1. The van der Waals surface area contributed by atoms with E-state index >= 15 is 0 Å². The highest BCUT2D eigenvalue weighted by atomic mass is 16.3. The van der Waals surface area contributed by atoms with Gasteiger partial charge in [-0.05, 0) is 46.5 Å². The minimum atomic E-state index is -0.362. The smallest absolute Gasteiger partial charge is 0.263 e. The van der Waals surface area contributed by atoms with Crippen LogP contribution in [0.25, 0.3) is 0 Å². The summed E-state index contributed by atoms with van der Waals surface area (Å²) in [5, 5.41) is 21.1. The summed E-state index contributed by atoms with van der Waals surface area (Å²) in [5.74, 6) is -0.340. The number of hydrogen-bond acceptors (Lipinski definition) is 4. The molecule has 1 unspecified atom stereocenters. The molecule has 0 aliphatic carbocycles. The van der Waals surface area contributed by atoms with E-state index in [9.17, 15) is 10.1 Å². The van der Waals surface area contributed by atoms with E-state index in [2.05, 4.69) is 5.32 Å². The summed E-state index contributed by atoms with van der Waals surface area (Å²) in [6.07, 6.45) is 5.51. The molecular weight excluding hydrogens is 254 g/mol. The average molecular weight is 279 g/mol. The summed E-state index contributed by atoms with van der Waals surface area (Å²) in [6.45, 7) is 6.61. The zero-order chi connectivity index (χ0) is 15.2. The Hall–Kier alpha value is -1.54. The maximum Gasteiger partial charge on any atom is 0.263 e. The second-order valence-corrected chi connectivity index (χ2v) is 6.26. The van der Waals surface area contributed by atoms with Crippen LogP contribution in [0.5, 0.6) is 0 Å². The molecule has 112 valence electrons. The summed E-state index contributed by atoms with van der Waals surface area (Å²) < 4.78 is 0. The van der Waals surface area contributed by atoms with Gasteiger partial charge in [0.25, 0.3) is 5.91 Å². The van der Waals surface area contributed by atoms with Crippen LogP contribution in [-0.4, -0.2) is 40.6 Å². The summed E-state index contributed by atoms with van der Waals surface area (Å²) >= 11 is 0. The van der Waals surface area contributed by atoms with Gasteiger partial charge < -0.3 is 15.3 Å². The van der Waals surface area contributed by atoms with Crippen molar-refractivity contribution in [1.82, 2.24) is 10.2 Å². The molecule has 0 bridgehead atoms. The lowest BCUT2D eigenvalue weighted by Gasteiger charge is -2.35. The molecule has 0 saturated carbocycles. The topological polar surface area (TPSA) is 76.4 Å². The molecule has 1 amide bonds. The SMILES string of the molecule is CC(C)(C)NC(=O)/C(C#N)=C\N1CCCCC1CCO. The normalized spacial score (nSPS) is 20.4.